The molecular formula is C31H26F8N4O4. The number of carbonyl (C=O) groups excluding carboxylic acids is 1. The van der Waals surface area contributed by atoms with E-state index in [9.17, 15) is 54.6 Å². The molecule has 4 rings (SSSR count). The SMILES string of the molecule is CN(C)CCc1c(C(F)(F)F)c(-c2nccc3c(C[C@H](NC(=O)c4c(F)cccc4F)C(=O)O)cccc23)c(=O)n(C)c1C(F)(F)F. The van der Waals surface area contributed by atoms with Gasteiger partial charge in [0.15, 0.2) is 0 Å². The number of fused-ring (bicyclic) bond motifs is 1. The molecule has 47 heavy (non-hydrogen) atoms. The first-order valence-electron chi connectivity index (χ1n) is 13.7. The Balaban J connectivity index is 1.93. The lowest BCUT2D eigenvalue weighted by atomic mass is 9.91. The minimum atomic E-state index is -5.44. The van der Waals surface area contributed by atoms with Crippen LogP contribution in [0.4, 0.5) is 35.1 Å². The lowest BCUT2D eigenvalue weighted by Gasteiger charge is -2.25. The molecular weight excluding hydrogens is 644 g/mol. The summed E-state index contributed by atoms with van der Waals surface area (Å²) in [5.74, 6) is -5.51. The fourth-order valence-corrected chi connectivity index (χ4v) is 5.34. The number of aromatic nitrogens is 2. The number of pyridine rings is 2. The lowest BCUT2D eigenvalue weighted by molar-refractivity contribution is -0.148. The van der Waals surface area contributed by atoms with Crippen molar-refractivity contribution in [2.75, 3.05) is 20.6 Å². The van der Waals surface area contributed by atoms with E-state index in [-0.39, 0.29) is 27.4 Å². The fraction of sp³-hybridized carbons (Fsp3) is 0.290. The van der Waals surface area contributed by atoms with Gasteiger partial charge in [-0.2, -0.15) is 26.3 Å². The Hall–Kier alpha value is -4.86. The van der Waals surface area contributed by atoms with Crippen LogP contribution in [0.2, 0.25) is 0 Å². The maximum Gasteiger partial charge on any atom is 0.431 e. The quantitative estimate of drug-likeness (QED) is 0.230. The fourth-order valence-electron chi connectivity index (χ4n) is 5.34. The van der Waals surface area contributed by atoms with E-state index in [4.69, 9.17) is 0 Å². The van der Waals surface area contributed by atoms with Gasteiger partial charge in [-0.25, -0.2) is 13.6 Å². The van der Waals surface area contributed by atoms with Crippen LogP contribution < -0.4 is 10.9 Å². The number of aliphatic carboxylic acids is 1. The number of nitrogens with zero attached hydrogens (tertiary/aromatic N) is 3. The molecule has 2 aromatic heterocycles. The van der Waals surface area contributed by atoms with E-state index in [1.807, 2.05) is 5.32 Å². The van der Waals surface area contributed by atoms with Gasteiger partial charge in [0.1, 0.15) is 28.9 Å². The number of alkyl halides is 6. The van der Waals surface area contributed by atoms with Gasteiger partial charge >= 0.3 is 18.3 Å². The highest BCUT2D eigenvalue weighted by atomic mass is 19.4. The predicted molar refractivity (Wildman–Crippen MR) is 154 cm³/mol. The molecule has 8 nitrogen and oxygen atoms in total. The normalized spacial score (nSPS) is 12.9. The molecule has 0 unspecified atom stereocenters. The summed E-state index contributed by atoms with van der Waals surface area (Å²) in [5, 5.41) is 11.7. The van der Waals surface area contributed by atoms with Crippen LogP contribution in [-0.4, -0.2) is 58.1 Å². The first-order valence-corrected chi connectivity index (χ1v) is 13.7. The third kappa shape index (κ3) is 7.11. The van der Waals surface area contributed by atoms with E-state index in [0.717, 1.165) is 24.4 Å². The first-order chi connectivity index (χ1) is 21.8. The number of carboxylic acids is 1. The molecule has 0 aliphatic heterocycles. The Bertz CT molecular complexity index is 1900. The Labute approximate surface area is 261 Å². The van der Waals surface area contributed by atoms with E-state index < -0.39 is 93.9 Å². The molecule has 0 saturated heterocycles. The van der Waals surface area contributed by atoms with Crippen molar-refractivity contribution in [1.82, 2.24) is 19.8 Å². The molecule has 0 fully saturated rings. The molecule has 1 amide bonds. The number of hydrogen-bond acceptors (Lipinski definition) is 5. The molecule has 0 aliphatic rings. The zero-order chi connectivity index (χ0) is 35.0. The Morgan fingerprint density at radius 3 is 2.13 bits per heavy atom. The van der Waals surface area contributed by atoms with Gasteiger partial charge in [-0.05, 0) is 55.2 Å². The Kier molecular flexibility index (Phi) is 9.75. The van der Waals surface area contributed by atoms with Crippen LogP contribution in [0.1, 0.15) is 32.7 Å². The summed E-state index contributed by atoms with van der Waals surface area (Å²) in [4.78, 5) is 43.5. The Morgan fingerprint density at radius 2 is 1.57 bits per heavy atom. The van der Waals surface area contributed by atoms with Crippen molar-refractivity contribution in [3.8, 4) is 11.3 Å². The summed E-state index contributed by atoms with van der Waals surface area (Å²) in [6.07, 6.45) is -11.0. The molecule has 0 saturated carbocycles. The van der Waals surface area contributed by atoms with Gasteiger partial charge in [0.05, 0.1) is 16.8 Å². The third-order valence-corrected chi connectivity index (χ3v) is 7.40. The lowest BCUT2D eigenvalue weighted by Crippen LogP contribution is -2.43. The predicted octanol–water partition coefficient (Wildman–Crippen LogP) is 5.45. The van der Waals surface area contributed by atoms with E-state index in [0.29, 0.717) is 7.05 Å². The van der Waals surface area contributed by atoms with Gasteiger partial charge in [-0.1, -0.05) is 24.3 Å². The van der Waals surface area contributed by atoms with Crippen LogP contribution in [0.3, 0.4) is 0 Å². The van der Waals surface area contributed by atoms with E-state index in [1.165, 1.54) is 43.3 Å². The van der Waals surface area contributed by atoms with E-state index >= 15 is 0 Å². The van der Waals surface area contributed by atoms with Crippen molar-refractivity contribution in [3.63, 3.8) is 0 Å². The van der Waals surface area contributed by atoms with Crippen molar-refractivity contribution >= 4 is 22.6 Å². The number of rotatable bonds is 9. The molecule has 0 spiro atoms. The summed E-state index contributed by atoms with van der Waals surface area (Å²) in [6.45, 7) is -0.226. The second-order valence-corrected chi connectivity index (χ2v) is 10.8. The average Bonchev–Trinajstić information content (AvgIpc) is 2.95. The molecule has 1 atom stereocenters. The van der Waals surface area contributed by atoms with E-state index in [1.54, 1.807) is 0 Å². The number of benzene rings is 2. The number of hydrogen-bond donors (Lipinski definition) is 2. The molecule has 250 valence electrons. The zero-order valence-corrected chi connectivity index (χ0v) is 24.9. The van der Waals surface area contributed by atoms with Gasteiger partial charge in [0.25, 0.3) is 11.5 Å². The number of carbonyl (C=O) groups is 2. The molecule has 2 aromatic carbocycles. The summed E-state index contributed by atoms with van der Waals surface area (Å²) < 4.78 is 115. The van der Waals surface area contributed by atoms with Gasteiger partial charge in [0, 0.05) is 31.6 Å². The van der Waals surface area contributed by atoms with Gasteiger partial charge in [0.2, 0.25) is 0 Å². The summed E-state index contributed by atoms with van der Waals surface area (Å²) in [7, 11) is 3.62. The smallest absolute Gasteiger partial charge is 0.431 e. The number of amides is 1. The number of likely N-dealkylation sites (N-methyl/N-ethyl adjacent to an activating group) is 1. The summed E-state index contributed by atoms with van der Waals surface area (Å²) in [5.41, 5.74) is -9.02. The van der Waals surface area contributed by atoms with Crippen molar-refractivity contribution in [1.29, 1.82) is 0 Å². The molecule has 0 aliphatic carbocycles. The van der Waals surface area contributed by atoms with Crippen molar-refractivity contribution < 1.29 is 49.8 Å². The van der Waals surface area contributed by atoms with Crippen molar-refractivity contribution in [3.05, 3.63) is 98.6 Å². The molecule has 2 N–H and O–H groups in total. The monoisotopic (exact) mass is 670 g/mol. The minimum Gasteiger partial charge on any atom is -0.480 e. The first kappa shape index (κ1) is 35.0. The second kappa shape index (κ2) is 13.1. The maximum atomic E-state index is 14.7. The molecule has 0 radical (unpaired) electrons. The van der Waals surface area contributed by atoms with E-state index in [2.05, 4.69) is 4.98 Å². The highest BCUT2D eigenvalue weighted by Gasteiger charge is 2.46. The van der Waals surface area contributed by atoms with Crippen LogP contribution >= 0.6 is 0 Å². The number of carboxylic acid groups (broad SMARTS) is 1. The van der Waals surface area contributed by atoms with Crippen LogP contribution in [0.5, 0.6) is 0 Å². The number of nitrogens with one attached hydrogen (secondary N) is 1. The highest BCUT2D eigenvalue weighted by molar-refractivity contribution is 5.99. The Morgan fingerprint density at radius 1 is 0.957 bits per heavy atom. The topological polar surface area (TPSA) is 105 Å². The third-order valence-electron chi connectivity index (χ3n) is 7.40. The van der Waals surface area contributed by atoms with Crippen LogP contribution in [0, 0.1) is 11.6 Å². The molecule has 0 bridgehead atoms. The van der Waals surface area contributed by atoms with Crippen LogP contribution in [-0.2, 0) is 37.0 Å². The summed E-state index contributed by atoms with van der Waals surface area (Å²) in [6, 6.07) is 5.95. The molecule has 16 heteroatoms. The number of halogens is 8. The van der Waals surface area contributed by atoms with Gasteiger partial charge in [-0.15, -0.1) is 0 Å². The van der Waals surface area contributed by atoms with Crippen LogP contribution in [0.25, 0.3) is 22.0 Å². The maximum absolute atomic E-state index is 14.7. The minimum absolute atomic E-state index is 0.0555. The van der Waals surface area contributed by atoms with Gasteiger partial charge in [-0.3, -0.25) is 14.6 Å². The molecule has 2 heterocycles. The largest absolute Gasteiger partial charge is 0.480 e. The zero-order valence-electron chi connectivity index (χ0n) is 24.9. The van der Waals surface area contributed by atoms with Crippen molar-refractivity contribution in [2.45, 2.75) is 31.2 Å². The average molecular weight is 671 g/mol. The molecule has 4 aromatic rings. The summed E-state index contributed by atoms with van der Waals surface area (Å²) >= 11 is 0. The standard InChI is InChI=1S/C31H26F8N4O4/c1-42(2)13-11-18-24(30(34,35)36)23(28(45)43(3)26(18)31(37,38)39)25-17-7-4-6-15(16(17)10-12-40-25)14-21(29(46)47)41-27(44)22-19(32)8-5-9-20(22)33/h4-10,12,21H,11,13-14H2,1-3H3,(H,41,44)(H,46,47)/t21-/m0/s1. The van der Waals surface area contributed by atoms with Crippen molar-refractivity contribution in [2.24, 2.45) is 7.05 Å². The highest BCUT2D eigenvalue weighted by Crippen LogP contribution is 2.44. The second-order valence-electron chi connectivity index (χ2n) is 10.8. The van der Waals surface area contributed by atoms with Crippen LogP contribution in [0.15, 0.2) is 53.5 Å². The van der Waals surface area contributed by atoms with Gasteiger partial charge < -0.3 is 19.9 Å².